The van der Waals surface area contributed by atoms with Crippen LogP contribution in [0.4, 0.5) is 10.1 Å². The number of nitrogens with one attached hydrogen (secondary N) is 1. The molecule has 0 saturated carbocycles. The number of rotatable bonds is 5. The predicted octanol–water partition coefficient (Wildman–Crippen LogP) is 6.45. The number of benzene rings is 3. The lowest BCUT2D eigenvalue weighted by Crippen LogP contribution is -2.15. The lowest BCUT2D eigenvalue weighted by molar-refractivity contribution is 0.0719. The van der Waals surface area contributed by atoms with Crippen LogP contribution in [0.5, 0.6) is 0 Å². The van der Waals surface area contributed by atoms with Gasteiger partial charge in [0, 0.05) is 27.8 Å². The van der Waals surface area contributed by atoms with E-state index in [0.717, 1.165) is 27.8 Å². The Labute approximate surface area is 166 Å². The van der Waals surface area contributed by atoms with Gasteiger partial charge in [-0.15, -0.1) is 0 Å². The standard InChI is InChI=1S/C23H19BrFNO/c24-14-17-10-11-21-19(12-17)23(27-15-16-6-2-1-3-7-16)13-22(26-21)18-8-4-5-9-20(18)25/h1-13,23,26H,14-15H2. The van der Waals surface area contributed by atoms with E-state index < -0.39 is 0 Å². The van der Waals surface area contributed by atoms with Gasteiger partial charge in [0.15, 0.2) is 0 Å². The minimum absolute atomic E-state index is 0.251. The average Bonchev–Trinajstić information content (AvgIpc) is 2.72. The van der Waals surface area contributed by atoms with Gasteiger partial charge in [-0.3, -0.25) is 0 Å². The van der Waals surface area contributed by atoms with Crippen molar-refractivity contribution >= 4 is 27.3 Å². The molecule has 0 bridgehead atoms. The zero-order chi connectivity index (χ0) is 18.6. The number of alkyl halides is 1. The van der Waals surface area contributed by atoms with E-state index in [0.29, 0.717) is 12.2 Å². The number of hydrogen-bond acceptors (Lipinski definition) is 2. The van der Waals surface area contributed by atoms with Gasteiger partial charge in [0.05, 0.1) is 6.61 Å². The van der Waals surface area contributed by atoms with Gasteiger partial charge in [0.2, 0.25) is 0 Å². The third kappa shape index (κ3) is 3.97. The summed E-state index contributed by atoms with van der Waals surface area (Å²) in [6.07, 6.45) is 1.71. The fourth-order valence-corrected chi connectivity index (χ4v) is 3.56. The molecule has 4 heteroatoms. The van der Waals surface area contributed by atoms with Crippen LogP contribution in [0.25, 0.3) is 5.70 Å². The summed E-state index contributed by atoms with van der Waals surface area (Å²) in [5.41, 5.74) is 5.55. The Bertz CT molecular complexity index is 971. The highest BCUT2D eigenvalue weighted by atomic mass is 79.9. The maximum atomic E-state index is 14.3. The fraction of sp³-hybridized carbons (Fsp3) is 0.130. The summed E-state index contributed by atoms with van der Waals surface area (Å²) in [6.45, 7) is 0.491. The molecule has 3 aromatic rings. The Morgan fingerprint density at radius 2 is 1.70 bits per heavy atom. The molecule has 0 radical (unpaired) electrons. The lowest BCUT2D eigenvalue weighted by atomic mass is 9.97. The van der Waals surface area contributed by atoms with Gasteiger partial charge in [0.25, 0.3) is 0 Å². The van der Waals surface area contributed by atoms with Gasteiger partial charge in [-0.25, -0.2) is 4.39 Å². The monoisotopic (exact) mass is 423 g/mol. The maximum absolute atomic E-state index is 14.3. The van der Waals surface area contributed by atoms with E-state index in [1.54, 1.807) is 12.1 Å². The summed E-state index contributed by atoms with van der Waals surface area (Å²) in [7, 11) is 0. The molecule has 136 valence electrons. The highest BCUT2D eigenvalue weighted by molar-refractivity contribution is 9.08. The molecule has 27 heavy (non-hydrogen) atoms. The van der Waals surface area contributed by atoms with Crippen LogP contribution in [0.15, 0.2) is 78.9 Å². The van der Waals surface area contributed by atoms with E-state index in [2.05, 4.69) is 33.4 Å². The van der Waals surface area contributed by atoms with Crippen LogP contribution in [-0.2, 0) is 16.7 Å². The van der Waals surface area contributed by atoms with Gasteiger partial charge in [0.1, 0.15) is 11.9 Å². The van der Waals surface area contributed by atoms with Crippen molar-refractivity contribution in [2.45, 2.75) is 18.0 Å². The van der Waals surface area contributed by atoms with Crippen LogP contribution in [-0.4, -0.2) is 0 Å². The summed E-state index contributed by atoms with van der Waals surface area (Å²) in [4.78, 5) is 0. The molecular weight excluding hydrogens is 405 g/mol. The molecule has 1 aliphatic rings. The molecule has 0 spiro atoms. The summed E-state index contributed by atoms with van der Waals surface area (Å²) in [5, 5.41) is 4.13. The van der Waals surface area contributed by atoms with Crippen LogP contribution >= 0.6 is 15.9 Å². The lowest BCUT2D eigenvalue weighted by Gasteiger charge is -2.27. The van der Waals surface area contributed by atoms with Gasteiger partial charge in [-0.05, 0) is 41.5 Å². The minimum atomic E-state index is -0.255. The van der Waals surface area contributed by atoms with Crippen molar-refractivity contribution < 1.29 is 9.13 Å². The van der Waals surface area contributed by atoms with Gasteiger partial charge in [-0.1, -0.05) is 64.5 Å². The normalized spacial score (nSPS) is 15.6. The third-order valence-corrected chi connectivity index (χ3v) is 5.25. The molecule has 1 atom stereocenters. The second-order valence-electron chi connectivity index (χ2n) is 6.46. The highest BCUT2D eigenvalue weighted by Crippen LogP contribution is 2.38. The van der Waals surface area contributed by atoms with Crippen LogP contribution < -0.4 is 5.32 Å². The minimum Gasteiger partial charge on any atom is -0.365 e. The molecule has 1 heterocycles. The Kier molecular flexibility index (Phi) is 5.37. The molecule has 4 rings (SSSR count). The smallest absolute Gasteiger partial charge is 0.132 e. The van der Waals surface area contributed by atoms with Crippen molar-refractivity contribution in [2.24, 2.45) is 0 Å². The Morgan fingerprint density at radius 1 is 0.926 bits per heavy atom. The second kappa shape index (κ2) is 8.07. The molecule has 1 aliphatic heterocycles. The highest BCUT2D eigenvalue weighted by Gasteiger charge is 2.23. The van der Waals surface area contributed by atoms with E-state index in [4.69, 9.17) is 4.74 Å². The van der Waals surface area contributed by atoms with Crippen LogP contribution in [0, 0.1) is 5.82 Å². The van der Waals surface area contributed by atoms with E-state index in [-0.39, 0.29) is 11.9 Å². The molecular formula is C23H19BrFNO. The molecule has 1 N–H and O–H groups in total. The van der Waals surface area contributed by atoms with E-state index in [1.165, 1.54) is 11.6 Å². The quantitative estimate of drug-likeness (QED) is 0.476. The van der Waals surface area contributed by atoms with E-state index in [9.17, 15) is 4.39 Å². The predicted molar refractivity (Wildman–Crippen MR) is 111 cm³/mol. The van der Waals surface area contributed by atoms with Crippen LogP contribution in [0.1, 0.15) is 28.4 Å². The third-order valence-electron chi connectivity index (χ3n) is 4.60. The molecule has 2 nitrogen and oxygen atoms in total. The number of halogens is 2. The van der Waals surface area contributed by atoms with E-state index in [1.807, 2.05) is 48.5 Å². The number of hydrogen-bond donors (Lipinski definition) is 1. The SMILES string of the molecule is Fc1ccccc1C1=CC(OCc2ccccc2)c2cc(CBr)ccc2N1. The Morgan fingerprint density at radius 3 is 2.48 bits per heavy atom. The Hall–Kier alpha value is -2.43. The van der Waals surface area contributed by atoms with E-state index >= 15 is 0 Å². The average molecular weight is 424 g/mol. The summed E-state index contributed by atoms with van der Waals surface area (Å²) >= 11 is 3.51. The van der Waals surface area contributed by atoms with Gasteiger partial charge < -0.3 is 10.1 Å². The molecule has 1 unspecified atom stereocenters. The first-order valence-electron chi connectivity index (χ1n) is 8.82. The largest absolute Gasteiger partial charge is 0.365 e. The first-order valence-corrected chi connectivity index (χ1v) is 9.95. The van der Waals surface area contributed by atoms with Crippen molar-refractivity contribution in [1.29, 1.82) is 0 Å². The number of fused-ring (bicyclic) bond motifs is 1. The second-order valence-corrected chi connectivity index (χ2v) is 7.02. The fourth-order valence-electron chi connectivity index (χ4n) is 3.21. The molecule has 0 aliphatic carbocycles. The topological polar surface area (TPSA) is 21.3 Å². The van der Waals surface area contributed by atoms with Crippen molar-refractivity contribution in [1.82, 2.24) is 0 Å². The number of anilines is 1. The van der Waals surface area contributed by atoms with Gasteiger partial charge in [-0.2, -0.15) is 0 Å². The molecule has 0 amide bonds. The van der Waals surface area contributed by atoms with Crippen molar-refractivity contribution in [2.75, 3.05) is 5.32 Å². The van der Waals surface area contributed by atoms with Crippen molar-refractivity contribution in [3.05, 3.63) is 107 Å². The summed E-state index contributed by atoms with van der Waals surface area (Å²) < 4.78 is 20.6. The summed E-state index contributed by atoms with van der Waals surface area (Å²) in [6, 6.07) is 23.1. The molecule has 0 aromatic heterocycles. The van der Waals surface area contributed by atoms with Crippen LogP contribution in [0.2, 0.25) is 0 Å². The van der Waals surface area contributed by atoms with Crippen LogP contribution in [0.3, 0.4) is 0 Å². The summed E-state index contributed by atoms with van der Waals surface area (Å²) in [5.74, 6) is -0.251. The molecule has 0 fully saturated rings. The first kappa shape index (κ1) is 18.0. The maximum Gasteiger partial charge on any atom is 0.132 e. The zero-order valence-corrected chi connectivity index (χ0v) is 16.2. The number of ether oxygens (including phenoxy) is 1. The molecule has 0 saturated heterocycles. The van der Waals surface area contributed by atoms with Crippen molar-refractivity contribution in [3.63, 3.8) is 0 Å². The first-order chi connectivity index (χ1) is 13.2. The van der Waals surface area contributed by atoms with Crippen molar-refractivity contribution in [3.8, 4) is 0 Å². The molecule has 3 aromatic carbocycles. The van der Waals surface area contributed by atoms with Gasteiger partial charge >= 0.3 is 0 Å². The Balaban J connectivity index is 1.69. The zero-order valence-electron chi connectivity index (χ0n) is 14.7.